The summed E-state index contributed by atoms with van der Waals surface area (Å²) in [7, 11) is 0. The zero-order valence-corrected chi connectivity index (χ0v) is 11.9. The van der Waals surface area contributed by atoms with E-state index in [0.717, 1.165) is 44.5 Å². The summed E-state index contributed by atoms with van der Waals surface area (Å²) in [6.07, 6.45) is 5.51. The van der Waals surface area contributed by atoms with Gasteiger partial charge in [0.05, 0.1) is 17.7 Å². The van der Waals surface area contributed by atoms with E-state index in [9.17, 15) is 4.79 Å². The van der Waals surface area contributed by atoms with Gasteiger partial charge in [-0.3, -0.25) is 4.79 Å². The molecule has 0 aromatic carbocycles. The minimum Gasteiger partial charge on any atom is -0.467 e. The predicted octanol–water partition coefficient (Wildman–Crippen LogP) is 2.63. The van der Waals surface area contributed by atoms with Crippen LogP contribution in [0.4, 0.5) is 0 Å². The number of hydrogen-bond donors (Lipinski definition) is 2. The third-order valence-electron chi connectivity index (χ3n) is 4.09. The van der Waals surface area contributed by atoms with Gasteiger partial charge in [-0.05, 0) is 51.4 Å². The molecule has 1 aliphatic heterocycles. The van der Waals surface area contributed by atoms with E-state index in [2.05, 4.69) is 17.6 Å². The van der Waals surface area contributed by atoms with E-state index < -0.39 is 0 Å². The van der Waals surface area contributed by atoms with Gasteiger partial charge in [0.15, 0.2) is 0 Å². The second kappa shape index (κ2) is 6.24. The van der Waals surface area contributed by atoms with Gasteiger partial charge in [0.25, 0.3) is 0 Å². The minimum atomic E-state index is -0.194. The zero-order chi connectivity index (χ0) is 13.7. The van der Waals surface area contributed by atoms with Crippen molar-refractivity contribution >= 4 is 5.91 Å². The number of rotatable bonds is 5. The predicted molar refractivity (Wildman–Crippen MR) is 74.7 cm³/mol. The molecule has 1 unspecified atom stereocenters. The van der Waals surface area contributed by atoms with Crippen LogP contribution in [0.1, 0.15) is 51.3 Å². The largest absolute Gasteiger partial charge is 0.467 e. The van der Waals surface area contributed by atoms with Crippen LogP contribution in [0, 0.1) is 5.41 Å². The van der Waals surface area contributed by atoms with Gasteiger partial charge in [-0.1, -0.05) is 13.3 Å². The quantitative estimate of drug-likeness (QED) is 0.859. The lowest BCUT2D eigenvalue weighted by molar-refractivity contribution is -0.134. The van der Waals surface area contributed by atoms with Crippen molar-refractivity contribution < 1.29 is 9.21 Å². The van der Waals surface area contributed by atoms with Crippen molar-refractivity contribution in [3.8, 4) is 0 Å². The monoisotopic (exact) mass is 264 g/mol. The summed E-state index contributed by atoms with van der Waals surface area (Å²) in [5.41, 5.74) is -0.194. The first-order valence-corrected chi connectivity index (χ1v) is 7.23. The van der Waals surface area contributed by atoms with Gasteiger partial charge in [-0.25, -0.2) is 0 Å². The Morgan fingerprint density at radius 3 is 2.84 bits per heavy atom. The molecule has 1 saturated heterocycles. The van der Waals surface area contributed by atoms with E-state index >= 15 is 0 Å². The molecule has 1 aromatic rings. The van der Waals surface area contributed by atoms with Crippen LogP contribution in [0.3, 0.4) is 0 Å². The molecule has 2 heterocycles. The van der Waals surface area contributed by atoms with E-state index in [0.29, 0.717) is 0 Å². The van der Waals surface area contributed by atoms with Gasteiger partial charge in [-0.2, -0.15) is 0 Å². The van der Waals surface area contributed by atoms with Gasteiger partial charge in [0.1, 0.15) is 5.76 Å². The first kappa shape index (κ1) is 14.1. The molecule has 0 radical (unpaired) electrons. The minimum absolute atomic E-state index is 0.0638. The molecule has 2 N–H and O–H groups in total. The number of carbonyl (C=O) groups is 1. The Morgan fingerprint density at radius 2 is 2.26 bits per heavy atom. The summed E-state index contributed by atoms with van der Waals surface area (Å²) in [4.78, 5) is 12.6. The Kier molecular flexibility index (Phi) is 4.64. The Bertz CT molecular complexity index is 389. The van der Waals surface area contributed by atoms with Crippen LogP contribution in [0.15, 0.2) is 22.8 Å². The smallest absolute Gasteiger partial charge is 0.226 e. The number of hydrogen-bond acceptors (Lipinski definition) is 3. The molecule has 1 fully saturated rings. The zero-order valence-electron chi connectivity index (χ0n) is 11.9. The molecule has 19 heavy (non-hydrogen) atoms. The summed E-state index contributed by atoms with van der Waals surface area (Å²) in [6, 6.07) is 3.69. The molecular formula is C15H24N2O2. The lowest BCUT2D eigenvalue weighted by atomic mass is 9.74. The van der Waals surface area contributed by atoms with Crippen molar-refractivity contribution in [3.05, 3.63) is 24.2 Å². The highest BCUT2D eigenvalue weighted by atomic mass is 16.3. The summed E-state index contributed by atoms with van der Waals surface area (Å²) in [5.74, 6) is 0.994. The fourth-order valence-electron chi connectivity index (χ4n) is 2.93. The lowest BCUT2D eigenvalue weighted by Gasteiger charge is -2.36. The van der Waals surface area contributed by atoms with Crippen LogP contribution in [-0.2, 0) is 4.79 Å². The third kappa shape index (κ3) is 3.18. The molecule has 106 valence electrons. The van der Waals surface area contributed by atoms with Gasteiger partial charge in [0.2, 0.25) is 5.91 Å². The van der Waals surface area contributed by atoms with E-state index in [1.807, 2.05) is 19.1 Å². The molecule has 1 aliphatic rings. The maximum absolute atomic E-state index is 12.6. The average molecular weight is 264 g/mol. The highest BCUT2D eigenvalue weighted by Gasteiger charge is 2.39. The fraction of sp³-hybridized carbons (Fsp3) is 0.667. The van der Waals surface area contributed by atoms with Crippen LogP contribution < -0.4 is 10.6 Å². The molecular weight excluding hydrogens is 240 g/mol. The van der Waals surface area contributed by atoms with Crippen molar-refractivity contribution in [3.63, 3.8) is 0 Å². The summed E-state index contributed by atoms with van der Waals surface area (Å²) in [6.45, 7) is 5.98. The number of piperidine rings is 1. The first-order valence-electron chi connectivity index (χ1n) is 7.23. The average Bonchev–Trinajstić information content (AvgIpc) is 2.94. The van der Waals surface area contributed by atoms with Gasteiger partial charge >= 0.3 is 0 Å². The second-order valence-corrected chi connectivity index (χ2v) is 5.49. The summed E-state index contributed by atoms with van der Waals surface area (Å²) >= 11 is 0. The van der Waals surface area contributed by atoms with Crippen LogP contribution in [0.5, 0.6) is 0 Å². The van der Waals surface area contributed by atoms with E-state index in [4.69, 9.17) is 4.42 Å². The van der Waals surface area contributed by atoms with Crippen LogP contribution in [-0.4, -0.2) is 19.0 Å². The third-order valence-corrected chi connectivity index (χ3v) is 4.09. The van der Waals surface area contributed by atoms with Crippen molar-refractivity contribution in [1.29, 1.82) is 0 Å². The standard InChI is InChI=1S/C15H24N2O2/c1-3-6-15(7-9-16-10-8-15)14(18)17-12(2)13-5-4-11-19-13/h4-5,11-12,16H,3,6-10H2,1-2H3,(H,17,18). The normalized spacial score (nSPS) is 19.9. The first-order chi connectivity index (χ1) is 9.18. The summed E-state index contributed by atoms with van der Waals surface area (Å²) < 4.78 is 5.35. The molecule has 0 saturated carbocycles. The Hall–Kier alpha value is -1.29. The highest BCUT2D eigenvalue weighted by molar-refractivity contribution is 5.83. The number of carbonyl (C=O) groups excluding carboxylic acids is 1. The van der Waals surface area contributed by atoms with Crippen LogP contribution in [0.25, 0.3) is 0 Å². The molecule has 4 nitrogen and oxygen atoms in total. The van der Waals surface area contributed by atoms with E-state index in [1.165, 1.54) is 0 Å². The number of furan rings is 1. The number of amides is 1. The van der Waals surface area contributed by atoms with Crippen molar-refractivity contribution in [2.24, 2.45) is 5.41 Å². The molecule has 2 rings (SSSR count). The van der Waals surface area contributed by atoms with Crippen LogP contribution >= 0.6 is 0 Å². The Morgan fingerprint density at radius 1 is 1.53 bits per heavy atom. The molecule has 4 heteroatoms. The van der Waals surface area contributed by atoms with Gasteiger partial charge in [-0.15, -0.1) is 0 Å². The van der Waals surface area contributed by atoms with Crippen molar-refractivity contribution in [2.45, 2.75) is 45.6 Å². The topological polar surface area (TPSA) is 54.3 Å². The Balaban J connectivity index is 2.03. The Labute approximate surface area is 114 Å². The lowest BCUT2D eigenvalue weighted by Crippen LogP contribution is -2.48. The number of nitrogens with one attached hydrogen (secondary N) is 2. The van der Waals surface area contributed by atoms with Crippen molar-refractivity contribution in [2.75, 3.05) is 13.1 Å². The molecule has 0 aliphatic carbocycles. The summed E-state index contributed by atoms with van der Waals surface area (Å²) in [5, 5.41) is 6.45. The molecule has 1 atom stereocenters. The van der Waals surface area contributed by atoms with Gasteiger partial charge in [0, 0.05) is 0 Å². The second-order valence-electron chi connectivity index (χ2n) is 5.49. The maximum atomic E-state index is 12.6. The van der Waals surface area contributed by atoms with Crippen LogP contribution in [0.2, 0.25) is 0 Å². The highest BCUT2D eigenvalue weighted by Crippen LogP contribution is 2.35. The maximum Gasteiger partial charge on any atom is 0.226 e. The fourth-order valence-corrected chi connectivity index (χ4v) is 2.93. The SMILES string of the molecule is CCCC1(C(=O)NC(C)c2ccco2)CCNCC1. The van der Waals surface area contributed by atoms with E-state index in [-0.39, 0.29) is 17.4 Å². The van der Waals surface area contributed by atoms with E-state index in [1.54, 1.807) is 6.26 Å². The molecule has 0 spiro atoms. The molecule has 1 amide bonds. The molecule has 0 bridgehead atoms. The van der Waals surface area contributed by atoms with Gasteiger partial charge < -0.3 is 15.1 Å². The van der Waals surface area contributed by atoms with Crippen molar-refractivity contribution in [1.82, 2.24) is 10.6 Å². The molecule has 1 aromatic heterocycles.